The Balaban J connectivity index is 2.91. The van der Waals surface area contributed by atoms with Crippen LogP contribution in [-0.2, 0) is 9.53 Å². The molecule has 0 saturated heterocycles. The number of aryl methyl sites for hydroxylation is 1. The van der Waals surface area contributed by atoms with Crippen molar-refractivity contribution in [3.8, 4) is 0 Å². The number of rotatable bonds is 5. The van der Waals surface area contributed by atoms with Crippen molar-refractivity contribution in [3.63, 3.8) is 0 Å². The molecular formula is C12H14FNO4. The van der Waals surface area contributed by atoms with E-state index in [0.29, 0.717) is 11.3 Å². The predicted molar refractivity (Wildman–Crippen MR) is 63.2 cm³/mol. The van der Waals surface area contributed by atoms with Crippen molar-refractivity contribution in [1.82, 2.24) is 0 Å². The third-order valence-corrected chi connectivity index (χ3v) is 2.37. The van der Waals surface area contributed by atoms with Crippen LogP contribution in [0.3, 0.4) is 0 Å². The predicted octanol–water partition coefficient (Wildman–Crippen LogP) is 1.81. The van der Waals surface area contributed by atoms with Gasteiger partial charge in [0.05, 0.1) is 19.1 Å². The average Bonchev–Trinajstić information content (AvgIpc) is 2.30. The number of aliphatic carboxylic acids is 1. The number of carboxylic acid groups (broad SMARTS) is 1. The van der Waals surface area contributed by atoms with Gasteiger partial charge < -0.3 is 15.2 Å². The van der Waals surface area contributed by atoms with E-state index in [1.807, 2.05) is 0 Å². The summed E-state index contributed by atoms with van der Waals surface area (Å²) in [7, 11) is 1.17. The van der Waals surface area contributed by atoms with Gasteiger partial charge in [0.2, 0.25) is 0 Å². The Bertz CT molecular complexity index is 473. The van der Waals surface area contributed by atoms with Crippen LogP contribution in [0, 0.1) is 12.7 Å². The van der Waals surface area contributed by atoms with Crippen LogP contribution in [-0.4, -0.2) is 30.7 Å². The summed E-state index contributed by atoms with van der Waals surface area (Å²) in [5.41, 5.74) is 0.921. The fraction of sp³-hybridized carbons (Fsp3) is 0.333. The molecule has 0 fully saturated rings. The molecule has 98 valence electrons. The normalized spacial score (nSPS) is 9.94. The first-order valence-electron chi connectivity index (χ1n) is 5.30. The monoisotopic (exact) mass is 255 g/mol. The van der Waals surface area contributed by atoms with E-state index in [1.165, 1.54) is 19.2 Å². The molecule has 0 aliphatic carbocycles. The summed E-state index contributed by atoms with van der Waals surface area (Å²) >= 11 is 0. The maximum atomic E-state index is 13.5. The van der Waals surface area contributed by atoms with Gasteiger partial charge in [-0.25, -0.2) is 9.18 Å². The third kappa shape index (κ3) is 3.44. The van der Waals surface area contributed by atoms with Crippen LogP contribution in [0.2, 0.25) is 0 Å². The van der Waals surface area contributed by atoms with Gasteiger partial charge >= 0.3 is 11.9 Å². The number of carbonyl (C=O) groups excluding carboxylic acids is 1. The zero-order chi connectivity index (χ0) is 13.7. The number of carboxylic acids is 1. The van der Waals surface area contributed by atoms with Gasteiger partial charge in [0.15, 0.2) is 0 Å². The number of nitrogens with one attached hydrogen (secondary N) is 1. The summed E-state index contributed by atoms with van der Waals surface area (Å²) in [5, 5.41) is 11.3. The van der Waals surface area contributed by atoms with Crippen LogP contribution >= 0.6 is 0 Å². The van der Waals surface area contributed by atoms with Crippen molar-refractivity contribution < 1.29 is 23.8 Å². The number of hydrogen-bond donors (Lipinski definition) is 2. The van der Waals surface area contributed by atoms with Crippen molar-refractivity contribution in [1.29, 1.82) is 0 Å². The second kappa shape index (κ2) is 6.00. The van der Waals surface area contributed by atoms with E-state index in [2.05, 4.69) is 10.1 Å². The Hall–Kier alpha value is -2.11. The minimum absolute atomic E-state index is 0.0651. The van der Waals surface area contributed by atoms with Gasteiger partial charge in [-0.2, -0.15) is 0 Å². The van der Waals surface area contributed by atoms with Crippen LogP contribution < -0.4 is 5.32 Å². The fourth-order valence-corrected chi connectivity index (χ4v) is 1.43. The Morgan fingerprint density at radius 2 is 2.11 bits per heavy atom. The van der Waals surface area contributed by atoms with Crippen molar-refractivity contribution in [3.05, 3.63) is 29.1 Å². The second-order valence-electron chi connectivity index (χ2n) is 3.71. The van der Waals surface area contributed by atoms with E-state index >= 15 is 0 Å². The first-order valence-corrected chi connectivity index (χ1v) is 5.30. The van der Waals surface area contributed by atoms with Crippen LogP contribution in [0.4, 0.5) is 10.1 Å². The van der Waals surface area contributed by atoms with Crippen molar-refractivity contribution in [2.24, 2.45) is 0 Å². The fourth-order valence-electron chi connectivity index (χ4n) is 1.43. The highest BCUT2D eigenvalue weighted by molar-refractivity contribution is 5.91. The maximum absolute atomic E-state index is 13.5. The molecule has 0 saturated carbocycles. The van der Waals surface area contributed by atoms with Gasteiger partial charge in [0.25, 0.3) is 0 Å². The SMILES string of the molecule is COC(=O)c1cc(NCCC(=O)O)c(C)cc1F. The number of halogens is 1. The van der Waals surface area contributed by atoms with E-state index in [0.717, 1.165) is 0 Å². The molecule has 0 amide bonds. The first-order chi connectivity index (χ1) is 8.45. The quantitative estimate of drug-likeness (QED) is 0.785. The largest absolute Gasteiger partial charge is 0.481 e. The lowest BCUT2D eigenvalue weighted by molar-refractivity contribution is -0.136. The van der Waals surface area contributed by atoms with E-state index in [-0.39, 0.29) is 18.5 Å². The topological polar surface area (TPSA) is 75.6 Å². The summed E-state index contributed by atoms with van der Waals surface area (Å²) in [6, 6.07) is 2.52. The summed E-state index contributed by atoms with van der Waals surface area (Å²) in [5.74, 6) is -2.37. The third-order valence-electron chi connectivity index (χ3n) is 2.37. The lowest BCUT2D eigenvalue weighted by Crippen LogP contribution is -2.11. The highest BCUT2D eigenvalue weighted by Gasteiger charge is 2.14. The van der Waals surface area contributed by atoms with Crippen molar-refractivity contribution in [2.75, 3.05) is 19.0 Å². The molecule has 0 aliphatic rings. The zero-order valence-electron chi connectivity index (χ0n) is 10.1. The molecule has 0 aromatic heterocycles. The molecule has 0 bridgehead atoms. The number of esters is 1. The van der Waals surface area contributed by atoms with Gasteiger partial charge in [-0.05, 0) is 24.6 Å². The maximum Gasteiger partial charge on any atom is 0.340 e. The van der Waals surface area contributed by atoms with Crippen LogP contribution in [0.15, 0.2) is 12.1 Å². The Morgan fingerprint density at radius 3 is 2.67 bits per heavy atom. The average molecular weight is 255 g/mol. The number of ether oxygens (including phenoxy) is 1. The number of methoxy groups -OCH3 is 1. The van der Waals surface area contributed by atoms with E-state index in [1.54, 1.807) is 6.92 Å². The lowest BCUT2D eigenvalue weighted by Gasteiger charge is -2.11. The molecule has 1 aromatic rings. The Labute approximate surface area is 104 Å². The molecule has 0 radical (unpaired) electrons. The number of anilines is 1. The molecule has 1 aromatic carbocycles. The van der Waals surface area contributed by atoms with Crippen LogP contribution in [0.5, 0.6) is 0 Å². The lowest BCUT2D eigenvalue weighted by atomic mass is 10.1. The highest BCUT2D eigenvalue weighted by atomic mass is 19.1. The summed E-state index contributed by atoms with van der Waals surface area (Å²) in [6.45, 7) is 1.86. The first kappa shape index (κ1) is 14.0. The van der Waals surface area contributed by atoms with Gasteiger partial charge in [-0.1, -0.05) is 0 Å². The molecule has 0 atom stereocenters. The van der Waals surface area contributed by atoms with Gasteiger partial charge in [-0.15, -0.1) is 0 Å². The van der Waals surface area contributed by atoms with Gasteiger partial charge in [0, 0.05) is 12.2 Å². The molecule has 0 spiro atoms. The summed E-state index contributed by atoms with van der Waals surface area (Å²) < 4.78 is 17.9. The van der Waals surface area contributed by atoms with Crippen molar-refractivity contribution in [2.45, 2.75) is 13.3 Å². The van der Waals surface area contributed by atoms with Gasteiger partial charge in [-0.3, -0.25) is 4.79 Å². The molecule has 1 rings (SSSR count). The molecule has 0 heterocycles. The standard InChI is InChI=1S/C12H14FNO4/c1-7-5-9(13)8(12(17)18-2)6-10(7)14-4-3-11(15)16/h5-6,14H,3-4H2,1-2H3,(H,15,16). The number of hydrogen-bond acceptors (Lipinski definition) is 4. The molecule has 18 heavy (non-hydrogen) atoms. The highest BCUT2D eigenvalue weighted by Crippen LogP contribution is 2.20. The Kier molecular flexibility index (Phi) is 4.65. The molecule has 5 nitrogen and oxygen atoms in total. The Morgan fingerprint density at radius 1 is 1.44 bits per heavy atom. The van der Waals surface area contributed by atoms with Crippen LogP contribution in [0.25, 0.3) is 0 Å². The molecule has 6 heteroatoms. The summed E-state index contributed by atoms with van der Waals surface area (Å²) in [4.78, 5) is 21.7. The number of carbonyl (C=O) groups is 2. The molecule has 0 aliphatic heterocycles. The van der Waals surface area contributed by atoms with E-state index < -0.39 is 17.8 Å². The second-order valence-corrected chi connectivity index (χ2v) is 3.71. The van der Waals surface area contributed by atoms with Gasteiger partial charge in [0.1, 0.15) is 5.82 Å². The summed E-state index contributed by atoms with van der Waals surface area (Å²) in [6.07, 6.45) is -0.0651. The van der Waals surface area contributed by atoms with Crippen molar-refractivity contribution >= 4 is 17.6 Å². The smallest absolute Gasteiger partial charge is 0.340 e. The molecule has 0 unspecified atom stereocenters. The van der Waals surface area contributed by atoms with E-state index in [9.17, 15) is 14.0 Å². The minimum Gasteiger partial charge on any atom is -0.481 e. The van der Waals surface area contributed by atoms with E-state index in [4.69, 9.17) is 5.11 Å². The minimum atomic E-state index is -0.935. The number of benzene rings is 1. The zero-order valence-corrected chi connectivity index (χ0v) is 10.1. The molecule has 2 N–H and O–H groups in total. The van der Waals surface area contributed by atoms with Crippen LogP contribution in [0.1, 0.15) is 22.3 Å². The molecular weight excluding hydrogens is 241 g/mol.